The molecule has 0 bridgehead atoms. The molecule has 710 valence electrons. The van der Waals surface area contributed by atoms with Gasteiger partial charge in [-0.3, -0.25) is 23.7 Å². The second-order valence-electron chi connectivity index (χ2n) is 32.3. The number of nitrogens with one attached hydrogen (secondary N) is 6. The van der Waals surface area contributed by atoms with Crippen LogP contribution < -0.4 is 59.7 Å². The number of benzene rings is 7. The number of aryl methyl sites for hydroxylation is 2. The number of aromatic nitrogens is 19. The average Bonchev–Trinajstić information content (AvgIpc) is 1.65. The number of Topliss-reactive ketones (excluding diaryl/α,β-unsaturated/α-hetero) is 1. The van der Waals surface area contributed by atoms with Gasteiger partial charge in [0.25, 0.3) is 0 Å². The van der Waals surface area contributed by atoms with Gasteiger partial charge < -0.3 is 83.2 Å². The number of hydrogen-bond acceptors (Lipinski definition) is 28. The Balaban J connectivity index is 0.000000118. The molecule has 1 aliphatic carbocycles. The second kappa shape index (κ2) is 43.4. The number of methoxy groups -OCH3 is 8. The molecule has 0 unspecified atom stereocenters. The number of aromatic amines is 1. The molecule has 34 nitrogen and oxygen atoms in total. The highest BCUT2D eigenvalue weighted by Crippen LogP contribution is 2.43. The van der Waals surface area contributed by atoms with E-state index in [9.17, 15) is 9.59 Å². The summed E-state index contributed by atoms with van der Waals surface area (Å²) < 4.78 is 52.3. The number of ether oxygens (including phenoxy) is 8. The minimum Gasteiger partial charge on any atom is -0.497 e. The van der Waals surface area contributed by atoms with E-state index in [2.05, 4.69) is 169 Å². The van der Waals surface area contributed by atoms with Gasteiger partial charge in [-0.1, -0.05) is 79.7 Å². The molecule has 21 aromatic rings. The summed E-state index contributed by atoms with van der Waals surface area (Å²) in [6, 6.07) is 68.6. The molecule has 14 aromatic heterocycles. The van der Waals surface area contributed by atoms with Crippen molar-refractivity contribution in [3.8, 4) is 63.3 Å². The van der Waals surface area contributed by atoms with Crippen molar-refractivity contribution in [3.63, 3.8) is 0 Å². The van der Waals surface area contributed by atoms with Crippen molar-refractivity contribution >= 4 is 142 Å². The van der Waals surface area contributed by atoms with E-state index in [-0.39, 0.29) is 18.6 Å². The van der Waals surface area contributed by atoms with Crippen LogP contribution in [0.3, 0.4) is 0 Å². The number of carbonyl (C=O) groups excluding carboxylic acids is 2. The third-order valence-corrected chi connectivity index (χ3v) is 23.3. The second-order valence-corrected chi connectivity index (χ2v) is 32.3. The molecule has 0 radical (unpaired) electrons. The Hall–Kier alpha value is -18.9. The van der Waals surface area contributed by atoms with Crippen LogP contribution >= 0.6 is 0 Å². The molecule has 14 heterocycles. The maximum atomic E-state index is 12.6. The maximum absolute atomic E-state index is 12.6. The van der Waals surface area contributed by atoms with Crippen LogP contribution in [0.2, 0.25) is 0 Å². The van der Waals surface area contributed by atoms with Crippen LogP contribution in [0.4, 0.5) is 58.2 Å². The number of esters is 1. The number of hydrogen-bond donors (Lipinski definition) is 6. The Labute approximate surface area is 815 Å². The first-order valence-corrected chi connectivity index (χ1v) is 45.3. The number of ketones is 1. The van der Waals surface area contributed by atoms with Crippen LogP contribution in [0.15, 0.2) is 311 Å². The first-order chi connectivity index (χ1) is 69.6. The lowest BCUT2D eigenvalue weighted by Gasteiger charge is -2.14. The third-order valence-electron chi connectivity index (χ3n) is 23.3. The van der Waals surface area contributed by atoms with E-state index >= 15 is 0 Å². The first-order valence-electron chi connectivity index (χ1n) is 45.3. The summed E-state index contributed by atoms with van der Waals surface area (Å²) in [7, 11) is 12.3. The van der Waals surface area contributed by atoms with Crippen LogP contribution in [0.1, 0.15) is 57.9 Å². The van der Waals surface area contributed by atoms with Gasteiger partial charge in [0.15, 0.2) is 40.1 Å². The molecule has 0 amide bonds. The van der Waals surface area contributed by atoms with E-state index in [1.807, 2.05) is 210 Å². The lowest BCUT2D eigenvalue weighted by atomic mass is 10.1. The predicted molar refractivity (Wildman–Crippen MR) is 551 cm³/mol. The van der Waals surface area contributed by atoms with Crippen molar-refractivity contribution in [2.24, 2.45) is 0 Å². The predicted octanol–water partition coefficient (Wildman–Crippen LogP) is 21.2. The molecule has 0 spiro atoms. The lowest BCUT2D eigenvalue weighted by Crippen LogP contribution is -2.06. The molecule has 0 fully saturated rings. The summed E-state index contributed by atoms with van der Waals surface area (Å²) in [4.78, 5) is 85.8. The fourth-order valence-corrected chi connectivity index (χ4v) is 16.1. The molecule has 22 rings (SSSR count). The van der Waals surface area contributed by atoms with E-state index in [0.29, 0.717) is 87.7 Å². The Bertz CT molecular complexity index is 8040. The van der Waals surface area contributed by atoms with E-state index < -0.39 is 5.97 Å². The van der Waals surface area contributed by atoms with Crippen molar-refractivity contribution < 1.29 is 47.5 Å². The fraction of sp³-hybridized carbons (Fsp3) is 0.139. The van der Waals surface area contributed by atoms with Crippen LogP contribution in [-0.2, 0) is 28.9 Å². The highest BCUT2D eigenvalue weighted by atomic mass is 16.5. The van der Waals surface area contributed by atoms with Crippen LogP contribution in [0, 0.1) is 6.92 Å². The topological polar surface area (TPSA) is 376 Å². The Morgan fingerprint density at radius 1 is 0.394 bits per heavy atom. The van der Waals surface area contributed by atoms with Gasteiger partial charge in [0.05, 0.1) is 69.8 Å². The molecule has 34 heteroatoms. The zero-order valence-corrected chi connectivity index (χ0v) is 79.2. The fourth-order valence-electron chi connectivity index (χ4n) is 16.1. The monoisotopic (exact) mass is 1890 g/mol. The number of pyridine rings is 3. The van der Waals surface area contributed by atoms with Crippen molar-refractivity contribution in [2.45, 2.75) is 46.1 Å². The number of H-pyrrole nitrogens is 1. The minimum atomic E-state index is -0.417. The van der Waals surface area contributed by atoms with Crippen molar-refractivity contribution in [1.82, 2.24) is 92.6 Å². The number of fused-ring (bicyclic) bond motifs is 7. The van der Waals surface area contributed by atoms with Crippen LogP contribution in [-0.4, -0.2) is 161 Å². The molecular weight excluding hydrogens is 1790 g/mol. The number of allylic oxidation sites excluding steroid dienone is 1. The molecule has 0 atom stereocenters. The van der Waals surface area contributed by atoms with Crippen LogP contribution in [0.25, 0.3) is 95.2 Å². The highest BCUT2D eigenvalue weighted by molar-refractivity contribution is 5.98. The van der Waals surface area contributed by atoms with E-state index in [1.54, 1.807) is 111 Å². The van der Waals surface area contributed by atoms with Crippen molar-refractivity contribution in [3.05, 3.63) is 345 Å². The van der Waals surface area contributed by atoms with Gasteiger partial charge in [-0.2, -0.15) is 24.9 Å². The smallest absolute Gasteiger partial charge is 0.305 e. The zero-order valence-electron chi connectivity index (χ0n) is 79.2. The SMILES string of the molecule is C1=Cc2c(cccc2Nc2ncc3ccn(-c4ccccn4)c3n2)C1.CCc1ccc(-n2ccc3cnc(Nc4cc(OC)c(OC)c(OC)c4)nc32)cc1.COC(=O)CCC(=O)c1cccc(-n2ccc3cnc(Nc4cc(OC)c(OC)c(OC)c4)nc32)c1.COc1ccc(C)c(Nc2ncc3ccn(Cc4cccnc4)c3n2)c1.c1ccc(-n2ccc3cnc(Nc4ccc5[nH]ccc5c4)nc32)nc1. The van der Waals surface area contributed by atoms with Gasteiger partial charge in [0.2, 0.25) is 41.2 Å². The average molecular weight is 1890 g/mol. The molecule has 0 aliphatic heterocycles. The minimum absolute atomic E-state index is 0.0369. The third kappa shape index (κ3) is 21.3. The summed E-state index contributed by atoms with van der Waals surface area (Å²) in [5.41, 5.74) is 17.8. The molecule has 7 aromatic carbocycles. The number of carbonyl (C=O) groups is 2. The summed E-state index contributed by atoms with van der Waals surface area (Å²) in [5, 5.41) is 22.2. The van der Waals surface area contributed by atoms with Crippen molar-refractivity contribution in [1.29, 1.82) is 0 Å². The van der Waals surface area contributed by atoms with Gasteiger partial charge in [-0.05, 0) is 163 Å². The summed E-state index contributed by atoms with van der Waals surface area (Å²) in [6.07, 6.45) is 34.4. The molecular formula is C108H98N24O10. The molecule has 0 saturated carbocycles. The van der Waals surface area contributed by atoms with Gasteiger partial charge in [0.1, 0.15) is 34.3 Å². The Morgan fingerprint density at radius 3 is 1.44 bits per heavy atom. The molecule has 142 heavy (non-hydrogen) atoms. The summed E-state index contributed by atoms with van der Waals surface area (Å²) in [6.45, 7) is 4.89. The molecule has 0 saturated heterocycles. The van der Waals surface area contributed by atoms with Crippen LogP contribution in [0.5, 0.6) is 40.2 Å². The standard InChI is InChI=1S/C26H26N4O6.C23H24N4O3.C20H19N5O.C20H15N5.C19H14N6/c1-33-21-13-18(14-22(34-2)24(21)36-4)28-26-27-15-17-10-11-30(25(17)29-26)19-7-5-6-16(12-19)20(31)8-9-23(32)35-3;1-5-15-6-8-18(9-7-15)27-11-10-16-14-24-23(26-22(16)27)25-17-12-19(28-2)21(30-4)20(13-17)29-3;1-14-5-6-17(26-2)10-18(14)23-20-22-12-16-7-9-25(19(16)24-20)13-15-4-3-8-21-11-15;1-2-11-21-18(9-1)25-12-10-15-13-22-20(24-19(15)25)23-17-8-4-6-14-5-3-7-16(14)17;1-2-8-21-17(3-1)25-10-7-14-12-22-19(24-18(14)25)23-15-4-5-16-13(11-15)6-9-20-16/h5-7,10-15H,8-9H2,1-4H3,(H,27,28,29);6-14H,5H2,1-4H3,(H,24,25,26);3-12H,13H2,1-2H3,(H,22,23,24);1-4,6-13H,5H2,(H,22,23,24);1-12,20H,(H,22,23,24). The number of rotatable bonds is 28. The molecule has 1 aliphatic rings. The van der Waals surface area contributed by atoms with Gasteiger partial charge >= 0.3 is 5.97 Å². The van der Waals surface area contributed by atoms with E-state index in [4.69, 9.17) is 48.1 Å². The number of nitrogens with zero attached hydrogens (tertiary/aromatic N) is 18. The Kier molecular flexibility index (Phi) is 28.6. The van der Waals surface area contributed by atoms with Gasteiger partial charge in [-0.15, -0.1) is 0 Å². The highest BCUT2D eigenvalue weighted by Gasteiger charge is 2.22. The maximum Gasteiger partial charge on any atom is 0.305 e. The first kappa shape index (κ1) is 93.5. The lowest BCUT2D eigenvalue weighted by molar-refractivity contribution is -0.140. The summed E-state index contributed by atoms with van der Waals surface area (Å²) >= 11 is 0. The Morgan fingerprint density at radius 2 is 0.915 bits per heavy atom. The quantitative estimate of drug-likeness (QED) is 0.0196. The van der Waals surface area contributed by atoms with Crippen molar-refractivity contribution in [2.75, 3.05) is 83.5 Å². The largest absolute Gasteiger partial charge is 0.497 e. The van der Waals surface area contributed by atoms with Gasteiger partial charge in [-0.25, -0.2) is 34.9 Å². The number of anilines is 10. The van der Waals surface area contributed by atoms with Gasteiger partial charge in [0, 0.05) is 218 Å². The van der Waals surface area contributed by atoms with E-state index in [1.165, 1.54) is 23.8 Å². The zero-order chi connectivity index (χ0) is 98.0. The van der Waals surface area contributed by atoms with E-state index in [0.717, 1.165) is 136 Å². The normalized spacial score (nSPS) is 11.1. The summed E-state index contributed by atoms with van der Waals surface area (Å²) in [5.74, 6) is 7.55. The molecule has 6 N–H and O–H groups in total.